The first kappa shape index (κ1) is 16.5. The monoisotopic (exact) mass is 344 g/mol. The molecule has 0 saturated heterocycles. The van der Waals surface area contributed by atoms with Gasteiger partial charge in [0.1, 0.15) is 10.8 Å². The van der Waals surface area contributed by atoms with Gasteiger partial charge in [-0.1, -0.05) is 26.0 Å². The Morgan fingerprint density at radius 2 is 1.96 bits per heavy atom. The highest BCUT2D eigenvalue weighted by atomic mass is 32.1. The lowest BCUT2D eigenvalue weighted by atomic mass is 10.2. The first-order valence-electron chi connectivity index (χ1n) is 7.72. The molecule has 24 heavy (non-hydrogen) atoms. The van der Waals surface area contributed by atoms with E-state index in [-0.39, 0.29) is 0 Å². The normalized spacial score (nSPS) is 11.2. The molecule has 0 bridgehead atoms. The summed E-state index contributed by atoms with van der Waals surface area (Å²) in [4.78, 5) is 1.56. The third-order valence-electron chi connectivity index (χ3n) is 3.53. The molecule has 0 amide bonds. The van der Waals surface area contributed by atoms with Gasteiger partial charge in [-0.3, -0.25) is 4.68 Å². The Bertz CT molecular complexity index is 808. The third-order valence-corrected chi connectivity index (χ3v) is 4.00. The number of rotatable bonds is 6. The van der Waals surface area contributed by atoms with Gasteiger partial charge in [-0.25, -0.2) is 0 Å². The Labute approximate surface area is 146 Å². The molecule has 0 aliphatic heterocycles. The predicted octanol–water partition coefficient (Wildman–Crippen LogP) is 2.54. The van der Waals surface area contributed by atoms with Crippen LogP contribution in [0.3, 0.4) is 0 Å². The maximum atomic E-state index is 5.16. The highest BCUT2D eigenvalue weighted by Gasteiger charge is 2.15. The molecule has 2 heterocycles. The van der Waals surface area contributed by atoms with Gasteiger partial charge in [0.25, 0.3) is 0 Å². The molecule has 0 aliphatic rings. The number of ether oxygens (including phenoxy) is 1. The van der Waals surface area contributed by atoms with Crippen molar-refractivity contribution in [1.82, 2.24) is 30.0 Å². The van der Waals surface area contributed by atoms with Gasteiger partial charge in [0.05, 0.1) is 25.4 Å². The fourth-order valence-electron chi connectivity index (χ4n) is 2.33. The van der Waals surface area contributed by atoms with Gasteiger partial charge in [-0.15, -0.1) is 22.8 Å². The molecule has 0 saturated carbocycles. The minimum atomic E-state index is 0.488. The molecular weight excluding hydrogens is 324 g/mol. The fourth-order valence-corrected chi connectivity index (χ4v) is 2.62. The lowest BCUT2D eigenvalue weighted by Crippen LogP contribution is -2.06. The smallest absolute Gasteiger partial charge is 0.209 e. The minimum absolute atomic E-state index is 0.488. The van der Waals surface area contributed by atoms with Crippen molar-refractivity contribution >= 4 is 12.6 Å². The number of tetrazole rings is 1. The summed E-state index contributed by atoms with van der Waals surface area (Å²) in [5.41, 5.74) is 1.86. The van der Waals surface area contributed by atoms with Gasteiger partial charge in [0.2, 0.25) is 5.82 Å². The van der Waals surface area contributed by atoms with Crippen LogP contribution in [0.2, 0.25) is 0 Å². The molecule has 0 spiro atoms. The molecule has 3 rings (SSSR count). The van der Waals surface area contributed by atoms with Crippen LogP contribution in [-0.4, -0.2) is 37.1 Å². The van der Waals surface area contributed by atoms with E-state index in [1.165, 1.54) is 0 Å². The first-order chi connectivity index (χ1) is 11.6. The summed E-state index contributed by atoms with van der Waals surface area (Å²) in [6, 6.07) is 7.78. The second-order valence-corrected chi connectivity index (χ2v) is 6.37. The van der Waals surface area contributed by atoms with Gasteiger partial charge in [-0.2, -0.15) is 9.90 Å². The molecule has 0 fully saturated rings. The van der Waals surface area contributed by atoms with E-state index >= 15 is 0 Å². The molecule has 126 valence electrons. The molecule has 0 aliphatic carbocycles. The zero-order chi connectivity index (χ0) is 17.1. The zero-order valence-electron chi connectivity index (χ0n) is 13.9. The van der Waals surface area contributed by atoms with Crippen molar-refractivity contribution in [1.29, 1.82) is 0 Å². The van der Waals surface area contributed by atoms with Crippen molar-refractivity contribution in [2.45, 2.75) is 32.0 Å². The quantitative estimate of drug-likeness (QED) is 0.696. The van der Waals surface area contributed by atoms with E-state index in [0.717, 1.165) is 28.4 Å². The number of aromatic nitrogens is 6. The van der Waals surface area contributed by atoms with E-state index < -0.39 is 0 Å². The Balaban J connectivity index is 1.76. The van der Waals surface area contributed by atoms with Crippen LogP contribution in [0, 0.1) is 5.92 Å². The third kappa shape index (κ3) is 3.59. The summed E-state index contributed by atoms with van der Waals surface area (Å²) < 4.78 is 7.01. The molecule has 0 radical (unpaired) electrons. The van der Waals surface area contributed by atoms with Gasteiger partial charge in [0.15, 0.2) is 0 Å². The Morgan fingerprint density at radius 1 is 1.21 bits per heavy atom. The molecule has 8 heteroatoms. The molecular formula is C16H20N6OS. The van der Waals surface area contributed by atoms with Crippen molar-refractivity contribution in [2.24, 2.45) is 5.92 Å². The Kier molecular flexibility index (Phi) is 4.84. The summed E-state index contributed by atoms with van der Waals surface area (Å²) in [6.07, 6.45) is 1.74. The summed E-state index contributed by atoms with van der Waals surface area (Å²) in [7, 11) is 1.65. The number of thiol groups is 1. The number of hydrogen-bond donors (Lipinski definition) is 1. The maximum Gasteiger partial charge on any atom is 0.209 e. The SMILES string of the molecule is COc1ccc(Cn2nnc(-c3cnn(CC(C)C)c3S)n2)cc1. The second kappa shape index (κ2) is 7.04. The number of nitrogens with zero attached hydrogens (tertiary/aromatic N) is 6. The van der Waals surface area contributed by atoms with Crippen LogP contribution in [0.4, 0.5) is 0 Å². The minimum Gasteiger partial charge on any atom is -0.497 e. The molecule has 3 aromatic rings. The topological polar surface area (TPSA) is 70.7 Å². The van der Waals surface area contributed by atoms with E-state index in [1.807, 2.05) is 28.9 Å². The van der Waals surface area contributed by atoms with Crippen molar-refractivity contribution in [3.63, 3.8) is 0 Å². The van der Waals surface area contributed by atoms with E-state index in [2.05, 4.69) is 47.0 Å². The molecule has 2 aromatic heterocycles. The van der Waals surface area contributed by atoms with Crippen molar-refractivity contribution in [3.8, 4) is 17.1 Å². The first-order valence-corrected chi connectivity index (χ1v) is 8.17. The van der Waals surface area contributed by atoms with Crippen molar-refractivity contribution < 1.29 is 4.74 Å². The molecule has 1 aromatic carbocycles. The van der Waals surface area contributed by atoms with E-state index in [1.54, 1.807) is 18.1 Å². The van der Waals surface area contributed by atoms with Gasteiger partial charge >= 0.3 is 0 Å². The summed E-state index contributed by atoms with van der Waals surface area (Å²) in [5, 5.41) is 17.8. The predicted molar refractivity (Wildman–Crippen MR) is 93.2 cm³/mol. The largest absolute Gasteiger partial charge is 0.497 e. The van der Waals surface area contributed by atoms with Gasteiger partial charge in [0, 0.05) is 6.54 Å². The summed E-state index contributed by atoms with van der Waals surface area (Å²) in [5.74, 6) is 1.84. The fraction of sp³-hybridized carbons (Fsp3) is 0.375. The van der Waals surface area contributed by atoms with Crippen LogP contribution in [0.1, 0.15) is 19.4 Å². The van der Waals surface area contributed by atoms with Crippen LogP contribution in [0.5, 0.6) is 5.75 Å². The average Bonchev–Trinajstić information content (AvgIpc) is 3.15. The molecule has 7 nitrogen and oxygen atoms in total. The lowest BCUT2D eigenvalue weighted by molar-refractivity contribution is 0.414. The second-order valence-electron chi connectivity index (χ2n) is 5.95. The van der Waals surface area contributed by atoms with Crippen LogP contribution < -0.4 is 4.74 Å². The Morgan fingerprint density at radius 3 is 2.62 bits per heavy atom. The molecule has 0 unspecified atom stereocenters. The van der Waals surface area contributed by atoms with Crippen LogP contribution in [0.25, 0.3) is 11.4 Å². The molecule has 0 N–H and O–H groups in total. The Hall–Kier alpha value is -2.35. The highest BCUT2D eigenvalue weighted by Crippen LogP contribution is 2.23. The number of hydrogen-bond acceptors (Lipinski definition) is 6. The highest BCUT2D eigenvalue weighted by molar-refractivity contribution is 7.80. The van der Waals surface area contributed by atoms with Crippen molar-refractivity contribution in [2.75, 3.05) is 7.11 Å². The van der Waals surface area contributed by atoms with Gasteiger partial charge in [-0.05, 0) is 28.8 Å². The molecule has 0 atom stereocenters. The summed E-state index contributed by atoms with van der Waals surface area (Å²) in [6.45, 7) is 5.62. The summed E-state index contributed by atoms with van der Waals surface area (Å²) >= 11 is 4.55. The van der Waals surface area contributed by atoms with E-state index in [4.69, 9.17) is 4.74 Å². The van der Waals surface area contributed by atoms with Crippen LogP contribution in [0.15, 0.2) is 35.5 Å². The number of benzene rings is 1. The number of methoxy groups -OCH3 is 1. The lowest BCUT2D eigenvalue weighted by Gasteiger charge is -2.06. The average molecular weight is 344 g/mol. The van der Waals surface area contributed by atoms with Gasteiger partial charge < -0.3 is 4.74 Å². The van der Waals surface area contributed by atoms with E-state index in [9.17, 15) is 0 Å². The van der Waals surface area contributed by atoms with Crippen LogP contribution >= 0.6 is 12.6 Å². The van der Waals surface area contributed by atoms with Crippen molar-refractivity contribution in [3.05, 3.63) is 36.0 Å². The maximum absolute atomic E-state index is 5.16. The standard InChI is InChI=1S/C16H20N6OS/c1-11(2)9-21-16(24)14(8-17-21)15-18-20-22(19-15)10-12-4-6-13(23-3)7-5-12/h4-8,11,24H,9-10H2,1-3H3. The van der Waals surface area contributed by atoms with E-state index in [0.29, 0.717) is 18.3 Å². The zero-order valence-corrected chi connectivity index (χ0v) is 14.8. The van der Waals surface area contributed by atoms with Crippen LogP contribution in [-0.2, 0) is 13.1 Å².